The Morgan fingerprint density at radius 3 is 2.71 bits per heavy atom. The van der Waals surface area contributed by atoms with Crippen molar-refractivity contribution in [3.63, 3.8) is 0 Å². The van der Waals surface area contributed by atoms with E-state index in [4.69, 9.17) is 14.2 Å². The maximum atomic E-state index is 12.5. The van der Waals surface area contributed by atoms with Gasteiger partial charge < -0.3 is 24.4 Å². The molecule has 146 valence electrons. The summed E-state index contributed by atoms with van der Waals surface area (Å²) in [4.78, 5) is 36.2. The van der Waals surface area contributed by atoms with Crippen LogP contribution in [0.15, 0.2) is 36.4 Å². The second-order valence-corrected chi connectivity index (χ2v) is 5.85. The molecule has 1 N–H and O–H groups in total. The fourth-order valence-electron chi connectivity index (χ4n) is 2.77. The molecule has 1 heterocycles. The smallest absolute Gasteiger partial charge is 0.331 e. The molecule has 0 aliphatic carbocycles. The molecule has 1 aliphatic heterocycles. The fourth-order valence-corrected chi connectivity index (χ4v) is 2.77. The first-order chi connectivity index (χ1) is 13.4. The molecule has 1 aliphatic rings. The van der Waals surface area contributed by atoms with Crippen LogP contribution in [0.3, 0.4) is 0 Å². The van der Waals surface area contributed by atoms with Crippen molar-refractivity contribution < 1.29 is 28.7 Å². The summed E-state index contributed by atoms with van der Waals surface area (Å²) in [6.07, 6.45) is 0. The van der Waals surface area contributed by atoms with Crippen molar-refractivity contribution in [3.8, 4) is 17.2 Å². The molecule has 0 fully saturated rings. The van der Waals surface area contributed by atoms with Gasteiger partial charge >= 0.3 is 5.97 Å². The maximum Gasteiger partial charge on any atom is 0.331 e. The Kier molecular flexibility index (Phi) is 5.30. The third kappa shape index (κ3) is 3.95. The van der Waals surface area contributed by atoms with Crippen molar-refractivity contribution in [2.45, 2.75) is 0 Å². The first kappa shape index (κ1) is 19.0. The van der Waals surface area contributed by atoms with Crippen LogP contribution in [0.25, 0.3) is 0 Å². The SMILES string of the molecule is COc1ccc(OC)c(NC(=O)CN2CC(=O)Oc3cc([N+](=O)[O-])ccc32)c1. The second-order valence-electron chi connectivity index (χ2n) is 5.85. The summed E-state index contributed by atoms with van der Waals surface area (Å²) in [6, 6.07) is 8.84. The van der Waals surface area contributed by atoms with Crippen LogP contribution in [0.5, 0.6) is 17.2 Å². The van der Waals surface area contributed by atoms with Crippen LogP contribution in [0, 0.1) is 10.1 Å². The molecule has 0 radical (unpaired) electrons. The first-order valence-corrected chi connectivity index (χ1v) is 8.17. The molecule has 0 saturated carbocycles. The molecule has 28 heavy (non-hydrogen) atoms. The monoisotopic (exact) mass is 387 g/mol. The topological polar surface area (TPSA) is 120 Å². The fraction of sp³-hybridized carbons (Fsp3) is 0.222. The van der Waals surface area contributed by atoms with Crippen molar-refractivity contribution >= 4 is 28.9 Å². The molecule has 0 saturated heterocycles. The minimum atomic E-state index is -0.611. The number of non-ortho nitro benzene ring substituents is 1. The van der Waals surface area contributed by atoms with Crippen molar-refractivity contribution in [2.24, 2.45) is 0 Å². The van der Waals surface area contributed by atoms with Crippen LogP contribution in [0.2, 0.25) is 0 Å². The standard InChI is InChI=1S/C18H17N3O7/c1-26-12-4-6-15(27-2)13(8-12)19-17(22)9-20-10-18(23)28-16-7-11(21(24)25)3-5-14(16)20/h3-8H,9-10H2,1-2H3,(H,19,22). The summed E-state index contributed by atoms with van der Waals surface area (Å²) in [6.45, 7) is -0.326. The van der Waals surface area contributed by atoms with Crippen molar-refractivity contribution in [2.75, 3.05) is 37.5 Å². The Morgan fingerprint density at radius 1 is 1.25 bits per heavy atom. The minimum absolute atomic E-state index is 0.0391. The number of hydrogen-bond acceptors (Lipinski definition) is 8. The summed E-state index contributed by atoms with van der Waals surface area (Å²) >= 11 is 0. The number of ether oxygens (including phenoxy) is 3. The van der Waals surface area contributed by atoms with Crippen LogP contribution in [0.1, 0.15) is 0 Å². The summed E-state index contributed by atoms with van der Waals surface area (Å²) in [5.74, 6) is 0.000981. The van der Waals surface area contributed by atoms with Gasteiger partial charge in [0.2, 0.25) is 5.91 Å². The van der Waals surface area contributed by atoms with Crippen LogP contribution < -0.4 is 24.4 Å². The third-order valence-corrected chi connectivity index (χ3v) is 4.05. The van der Waals surface area contributed by atoms with E-state index >= 15 is 0 Å². The summed E-state index contributed by atoms with van der Waals surface area (Å²) in [5.41, 5.74) is 0.618. The zero-order valence-electron chi connectivity index (χ0n) is 15.1. The number of carbonyl (C=O) groups excluding carboxylic acids is 2. The van der Waals surface area contributed by atoms with Crippen LogP contribution in [-0.4, -0.2) is 44.1 Å². The van der Waals surface area contributed by atoms with Crippen molar-refractivity contribution in [1.82, 2.24) is 0 Å². The largest absolute Gasteiger partial charge is 0.497 e. The molecule has 2 aromatic rings. The highest BCUT2D eigenvalue weighted by atomic mass is 16.6. The Labute approximate surface area is 159 Å². The number of rotatable bonds is 6. The number of nitrogens with one attached hydrogen (secondary N) is 1. The summed E-state index contributed by atoms with van der Waals surface area (Å²) in [5, 5.41) is 13.6. The van der Waals surface area contributed by atoms with Gasteiger partial charge in [-0.25, -0.2) is 4.79 Å². The Hall–Kier alpha value is -3.82. The Bertz CT molecular complexity index is 945. The number of fused-ring (bicyclic) bond motifs is 1. The molecule has 0 bridgehead atoms. The zero-order valence-corrected chi connectivity index (χ0v) is 15.1. The number of methoxy groups -OCH3 is 2. The lowest BCUT2D eigenvalue weighted by Crippen LogP contribution is -2.41. The number of esters is 1. The van der Waals surface area contributed by atoms with Crippen LogP contribution in [-0.2, 0) is 9.59 Å². The van der Waals surface area contributed by atoms with E-state index in [1.165, 1.54) is 31.3 Å². The van der Waals surface area contributed by atoms with Gasteiger partial charge in [0.15, 0.2) is 5.75 Å². The maximum absolute atomic E-state index is 12.5. The number of anilines is 2. The molecule has 3 rings (SSSR count). The average molecular weight is 387 g/mol. The average Bonchev–Trinajstić information content (AvgIpc) is 2.67. The predicted molar refractivity (Wildman–Crippen MR) is 99.1 cm³/mol. The predicted octanol–water partition coefficient (Wildman–Crippen LogP) is 1.98. The van der Waals surface area contributed by atoms with Gasteiger partial charge in [-0.3, -0.25) is 14.9 Å². The van der Waals surface area contributed by atoms with E-state index in [2.05, 4.69) is 5.32 Å². The molecule has 0 unspecified atom stereocenters. The van der Waals surface area contributed by atoms with Gasteiger partial charge in [0, 0.05) is 12.1 Å². The lowest BCUT2D eigenvalue weighted by molar-refractivity contribution is -0.384. The Balaban J connectivity index is 1.80. The van der Waals surface area contributed by atoms with E-state index in [9.17, 15) is 19.7 Å². The van der Waals surface area contributed by atoms with Gasteiger partial charge in [-0.1, -0.05) is 0 Å². The molecule has 10 nitrogen and oxygen atoms in total. The lowest BCUT2D eigenvalue weighted by atomic mass is 10.2. The molecule has 2 aromatic carbocycles. The van der Waals surface area contributed by atoms with E-state index in [-0.39, 0.29) is 24.5 Å². The molecule has 0 atom stereocenters. The molecule has 0 spiro atoms. The number of benzene rings is 2. The number of nitro benzene ring substituents is 1. The summed E-state index contributed by atoms with van der Waals surface area (Å²) in [7, 11) is 2.98. The molecular formula is C18H17N3O7. The third-order valence-electron chi connectivity index (χ3n) is 4.05. The van der Waals surface area contributed by atoms with Crippen molar-refractivity contribution in [1.29, 1.82) is 0 Å². The van der Waals surface area contributed by atoms with Gasteiger partial charge in [0.1, 0.15) is 18.0 Å². The number of amides is 1. The number of nitrogens with zero attached hydrogens (tertiary/aromatic N) is 2. The highest BCUT2D eigenvalue weighted by molar-refractivity contribution is 5.97. The minimum Gasteiger partial charge on any atom is -0.497 e. The zero-order chi connectivity index (χ0) is 20.3. The number of nitro groups is 1. The van der Waals surface area contributed by atoms with Gasteiger partial charge in [-0.05, 0) is 18.2 Å². The number of carbonyl (C=O) groups is 2. The van der Waals surface area contributed by atoms with Gasteiger partial charge in [-0.2, -0.15) is 0 Å². The van der Waals surface area contributed by atoms with Gasteiger partial charge in [-0.15, -0.1) is 0 Å². The van der Waals surface area contributed by atoms with Gasteiger partial charge in [0.25, 0.3) is 5.69 Å². The highest BCUT2D eigenvalue weighted by Gasteiger charge is 2.27. The van der Waals surface area contributed by atoms with Gasteiger partial charge in [0.05, 0.1) is 43.1 Å². The normalized spacial score (nSPS) is 12.6. The second kappa shape index (κ2) is 7.82. The molecule has 10 heteroatoms. The van der Waals surface area contributed by atoms with Crippen molar-refractivity contribution in [3.05, 3.63) is 46.5 Å². The van der Waals surface area contributed by atoms with E-state index in [0.29, 0.717) is 22.9 Å². The molecule has 0 aromatic heterocycles. The van der Waals surface area contributed by atoms with E-state index in [1.807, 2.05) is 0 Å². The first-order valence-electron chi connectivity index (χ1n) is 8.17. The number of hydrogen-bond donors (Lipinski definition) is 1. The quantitative estimate of drug-likeness (QED) is 0.346. The van der Waals surface area contributed by atoms with Crippen LogP contribution >= 0.6 is 0 Å². The lowest BCUT2D eigenvalue weighted by Gasteiger charge is -2.29. The van der Waals surface area contributed by atoms with E-state index in [0.717, 1.165) is 6.07 Å². The summed E-state index contributed by atoms with van der Waals surface area (Å²) < 4.78 is 15.4. The Morgan fingerprint density at radius 2 is 2.04 bits per heavy atom. The van der Waals surface area contributed by atoms with E-state index in [1.54, 1.807) is 18.2 Å². The van der Waals surface area contributed by atoms with E-state index < -0.39 is 16.8 Å². The van der Waals surface area contributed by atoms with Crippen LogP contribution in [0.4, 0.5) is 17.1 Å². The highest BCUT2D eigenvalue weighted by Crippen LogP contribution is 2.35. The molecular weight excluding hydrogens is 370 g/mol. The molecule has 1 amide bonds.